The van der Waals surface area contributed by atoms with Crippen LogP contribution >= 0.6 is 11.3 Å². The molecule has 0 atom stereocenters. The third-order valence-corrected chi connectivity index (χ3v) is 3.29. The molecule has 0 bridgehead atoms. The van der Waals surface area contributed by atoms with Crippen molar-refractivity contribution >= 4 is 11.3 Å². The van der Waals surface area contributed by atoms with Crippen molar-refractivity contribution < 1.29 is 0 Å². The fourth-order valence-corrected chi connectivity index (χ4v) is 2.20. The van der Waals surface area contributed by atoms with E-state index in [1.54, 1.807) is 0 Å². The molecule has 0 aliphatic heterocycles. The lowest BCUT2D eigenvalue weighted by atomic mass is 9.90. The van der Waals surface area contributed by atoms with Gasteiger partial charge in [0.05, 0.1) is 0 Å². The van der Waals surface area contributed by atoms with E-state index in [4.69, 9.17) is 0 Å². The van der Waals surface area contributed by atoms with Crippen LogP contribution in [0.2, 0.25) is 0 Å². The molecule has 2 heteroatoms. The van der Waals surface area contributed by atoms with Crippen molar-refractivity contribution in [2.24, 2.45) is 5.41 Å². The molecule has 0 saturated carbocycles. The molecule has 1 nitrogen and oxygen atoms in total. The van der Waals surface area contributed by atoms with Crippen molar-refractivity contribution in [3.05, 3.63) is 22.4 Å². The Morgan fingerprint density at radius 3 is 2.67 bits per heavy atom. The maximum atomic E-state index is 3.48. The first-order valence-corrected chi connectivity index (χ1v) is 6.69. The summed E-state index contributed by atoms with van der Waals surface area (Å²) in [6, 6.07) is 4.30. The Hall–Kier alpha value is -0.340. The summed E-state index contributed by atoms with van der Waals surface area (Å²) in [6.07, 6.45) is 3.96. The van der Waals surface area contributed by atoms with Crippen LogP contribution in [0.15, 0.2) is 17.5 Å². The van der Waals surface area contributed by atoms with Crippen molar-refractivity contribution in [2.75, 3.05) is 6.54 Å². The monoisotopic (exact) mass is 225 g/mol. The SMILES string of the molecule is CC(C)(C)CCCCNCc1cccs1. The lowest BCUT2D eigenvalue weighted by Crippen LogP contribution is -2.14. The van der Waals surface area contributed by atoms with Gasteiger partial charge in [-0.25, -0.2) is 0 Å². The number of nitrogens with one attached hydrogen (secondary N) is 1. The van der Waals surface area contributed by atoms with Crippen LogP contribution in [-0.4, -0.2) is 6.54 Å². The fourth-order valence-electron chi connectivity index (χ4n) is 1.53. The Morgan fingerprint density at radius 2 is 2.07 bits per heavy atom. The highest BCUT2D eigenvalue weighted by atomic mass is 32.1. The topological polar surface area (TPSA) is 12.0 Å². The summed E-state index contributed by atoms with van der Waals surface area (Å²) in [7, 11) is 0. The van der Waals surface area contributed by atoms with Gasteiger partial charge in [0.25, 0.3) is 0 Å². The molecule has 0 unspecified atom stereocenters. The van der Waals surface area contributed by atoms with Crippen molar-refractivity contribution in [3.8, 4) is 0 Å². The predicted molar refractivity (Wildman–Crippen MR) is 69.3 cm³/mol. The summed E-state index contributed by atoms with van der Waals surface area (Å²) in [5.74, 6) is 0. The Kier molecular flexibility index (Phi) is 5.34. The first-order valence-electron chi connectivity index (χ1n) is 5.81. The number of thiophene rings is 1. The van der Waals surface area contributed by atoms with Crippen molar-refractivity contribution in [1.82, 2.24) is 5.32 Å². The highest BCUT2D eigenvalue weighted by Gasteiger charge is 2.08. The lowest BCUT2D eigenvalue weighted by Gasteiger charge is -2.17. The van der Waals surface area contributed by atoms with Gasteiger partial charge in [-0.05, 0) is 36.2 Å². The van der Waals surface area contributed by atoms with Gasteiger partial charge < -0.3 is 5.32 Å². The van der Waals surface area contributed by atoms with Crippen LogP contribution in [0.25, 0.3) is 0 Å². The summed E-state index contributed by atoms with van der Waals surface area (Å²) in [5.41, 5.74) is 0.494. The van der Waals surface area contributed by atoms with Crippen LogP contribution in [0.3, 0.4) is 0 Å². The van der Waals surface area contributed by atoms with Crippen molar-refractivity contribution in [3.63, 3.8) is 0 Å². The molecule has 1 rings (SSSR count). The van der Waals surface area contributed by atoms with E-state index < -0.39 is 0 Å². The van der Waals surface area contributed by atoms with Crippen molar-refractivity contribution in [2.45, 2.75) is 46.6 Å². The van der Waals surface area contributed by atoms with E-state index in [2.05, 4.69) is 43.6 Å². The third kappa shape index (κ3) is 6.69. The van der Waals surface area contributed by atoms with E-state index in [9.17, 15) is 0 Å². The summed E-state index contributed by atoms with van der Waals surface area (Å²) < 4.78 is 0. The van der Waals surface area contributed by atoms with Gasteiger partial charge in [-0.3, -0.25) is 0 Å². The Labute approximate surface area is 97.9 Å². The molecule has 1 N–H and O–H groups in total. The Bertz CT molecular complexity index is 246. The van der Waals surface area contributed by atoms with Crippen LogP contribution < -0.4 is 5.32 Å². The standard InChI is InChI=1S/C13H23NS/c1-13(2,3)8-4-5-9-14-11-12-7-6-10-15-12/h6-7,10,14H,4-5,8-9,11H2,1-3H3. The zero-order valence-corrected chi connectivity index (χ0v) is 11.0. The van der Waals surface area contributed by atoms with E-state index in [-0.39, 0.29) is 0 Å². The minimum atomic E-state index is 0.494. The van der Waals surface area contributed by atoms with Gasteiger partial charge in [0.15, 0.2) is 0 Å². The molecular formula is C13H23NS. The summed E-state index contributed by atoms with van der Waals surface area (Å²) >= 11 is 1.83. The van der Waals surface area contributed by atoms with Gasteiger partial charge in [0.2, 0.25) is 0 Å². The second kappa shape index (κ2) is 6.29. The average molecular weight is 225 g/mol. The van der Waals surface area contributed by atoms with Gasteiger partial charge in [-0.15, -0.1) is 11.3 Å². The van der Waals surface area contributed by atoms with Crippen LogP contribution in [-0.2, 0) is 6.54 Å². The second-order valence-corrected chi connectivity index (χ2v) is 6.31. The second-order valence-electron chi connectivity index (χ2n) is 5.27. The average Bonchev–Trinajstić information content (AvgIpc) is 2.61. The van der Waals surface area contributed by atoms with E-state index in [1.165, 1.54) is 24.1 Å². The molecular weight excluding hydrogens is 202 g/mol. The van der Waals surface area contributed by atoms with Gasteiger partial charge in [0.1, 0.15) is 0 Å². The summed E-state index contributed by atoms with van der Waals surface area (Å²) in [5, 5.41) is 5.62. The highest BCUT2D eigenvalue weighted by molar-refractivity contribution is 7.09. The van der Waals surface area contributed by atoms with E-state index in [1.807, 2.05) is 11.3 Å². The first-order chi connectivity index (χ1) is 7.08. The molecule has 15 heavy (non-hydrogen) atoms. The molecule has 0 fully saturated rings. The number of hydrogen-bond acceptors (Lipinski definition) is 2. The number of unbranched alkanes of at least 4 members (excludes halogenated alkanes) is 1. The number of rotatable bonds is 6. The molecule has 86 valence electrons. The van der Waals surface area contributed by atoms with Crippen LogP contribution in [0.5, 0.6) is 0 Å². The van der Waals surface area contributed by atoms with Gasteiger partial charge in [-0.1, -0.05) is 33.3 Å². The molecule has 1 heterocycles. The maximum Gasteiger partial charge on any atom is 0.0299 e. The minimum absolute atomic E-state index is 0.494. The zero-order chi connectivity index (χ0) is 11.1. The number of hydrogen-bond donors (Lipinski definition) is 1. The molecule has 1 aromatic rings. The molecule has 0 amide bonds. The smallest absolute Gasteiger partial charge is 0.0299 e. The van der Waals surface area contributed by atoms with Crippen LogP contribution in [0, 0.1) is 5.41 Å². The molecule has 0 radical (unpaired) electrons. The largest absolute Gasteiger partial charge is 0.312 e. The van der Waals surface area contributed by atoms with E-state index >= 15 is 0 Å². The molecule has 0 spiro atoms. The van der Waals surface area contributed by atoms with Gasteiger partial charge >= 0.3 is 0 Å². The molecule has 0 aliphatic rings. The van der Waals surface area contributed by atoms with Gasteiger partial charge in [0, 0.05) is 11.4 Å². The predicted octanol–water partition coefficient (Wildman–Crippen LogP) is 4.05. The van der Waals surface area contributed by atoms with Gasteiger partial charge in [-0.2, -0.15) is 0 Å². The lowest BCUT2D eigenvalue weighted by molar-refractivity contribution is 0.358. The zero-order valence-electron chi connectivity index (χ0n) is 10.2. The molecule has 1 aromatic heterocycles. The Balaban J connectivity index is 1.94. The third-order valence-electron chi connectivity index (χ3n) is 2.41. The molecule has 0 saturated heterocycles. The Morgan fingerprint density at radius 1 is 1.27 bits per heavy atom. The van der Waals surface area contributed by atoms with Crippen molar-refractivity contribution in [1.29, 1.82) is 0 Å². The van der Waals surface area contributed by atoms with Crippen LogP contribution in [0.4, 0.5) is 0 Å². The fraction of sp³-hybridized carbons (Fsp3) is 0.692. The summed E-state index contributed by atoms with van der Waals surface area (Å²) in [6.45, 7) is 9.12. The van der Waals surface area contributed by atoms with Crippen LogP contribution in [0.1, 0.15) is 44.9 Å². The summed E-state index contributed by atoms with van der Waals surface area (Å²) in [4.78, 5) is 1.44. The van der Waals surface area contributed by atoms with E-state index in [0.717, 1.165) is 13.1 Å². The first kappa shape index (κ1) is 12.7. The normalized spacial score (nSPS) is 11.9. The van der Waals surface area contributed by atoms with E-state index in [0.29, 0.717) is 5.41 Å². The molecule has 0 aliphatic carbocycles. The quantitative estimate of drug-likeness (QED) is 0.720. The minimum Gasteiger partial charge on any atom is -0.312 e. The highest BCUT2D eigenvalue weighted by Crippen LogP contribution is 2.21. The molecule has 0 aromatic carbocycles. The maximum absolute atomic E-state index is 3.48.